The lowest BCUT2D eigenvalue weighted by Crippen LogP contribution is -2.39. The van der Waals surface area contributed by atoms with Crippen LogP contribution in [0.15, 0.2) is 73.1 Å². The van der Waals surface area contributed by atoms with Crippen molar-refractivity contribution in [1.29, 1.82) is 0 Å². The fourth-order valence-electron chi connectivity index (χ4n) is 3.26. The van der Waals surface area contributed by atoms with E-state index < -0.39 is 17.8 Å². The van der Waals surface area contributed by atoms with Crippen molar-refractivity contribution in [1.82, 2.24) is 15.3 Å². The number of nitrogens with zero attached hydrogens (tertiary/aromatic N) is 2. The Kier molecular flexibility index (Phi) is 6.63. The van der Waals surface area contributed by atoms with Gasteiger partial charge in [0.1, 0.15) is 16.6 Å². The number of carbonyl (C=O) groups excluding carboxylic acids is 1. The number of carbonyl (C=O) groups is 1. The Hall–Kier alpha value is -3.49. The van der Waals surface area contributed by atoms with Crippen LogP contribution in [0.25, 0.3) is 21.0 Å². The summed E-state index contributed by atoms with van der Waals surface area (Å²) >= 11 is 1.20. The highest BCUT2D eigenvalue weighted by Gasteiger charge is 2.22. The molecule has 32 heavy (non-hydrogen) atoms. The molecule has 4 rings (SSSR count). The van der Waals surface area contributed by atoms with Crippen LogP contribution < -0.4 is 5.32 Å². The van der Waals surface area contributed by atoms with Gasteiger partial charge < -0.3 is 10.4 Å². The monoisotopic (exact) mass is 451 g/mol. The minimum atomic E-state index is -0.584. The van der Waals surface area contributed by atoms with E-state index in [9.17, 15) is 18.7 Å². The third kappa shape index (κ3) is 4.87. The molecule has 1 amide bonds. The van der Waals surface area contributed by atoms with E-state index in [1.807, 2.05) is 6.07 Å². The second-order valence-electron chi connectivity index (χ2n) is 7.08. The van der Waals surface area contributed by atoms with Crippen LogP contribution in [-0.4, -0.2) is 33.6 Å². The van der Waals surface area contributed by atoms with Crippen molar-refractivity contribution in [2.45, 2.75) is 12.5 Å². The van der Waals surface area contributed by atoms with Gasteiger partial charge in [-0.15, -0.1) is 11.3 Å². The molecule has 0 aliphatic carbocycles. The number of hydrogen-bond donors (Lipinski definition) is 2. The van der Waals surface area contributed by atoms with Gasteiger partial charge in [-0.25, -0.2) is 13.8 Å². The summed E-state index contributed by atoms with van der Waals surface area (Å²) in [7, 11) is 0. The summed E-state index contributed by atoms with van der Waals surface area (Å²) in [4.78, 5) is 22.2. The van der Waals surface area contributed by atoms with Gasteiger partial charge in [0.2, 0.25) is 0 Å². The van der Waals surface area contributed by atoms with Crippen molar-refractivity contribution in [2.24, 2.45) is 0 Å². The fourth-order valence-corrected chi connectivity index (χ4v) is 4.25. The van der Waals surface area contributed by atoms with Crippen molar-refractivity contribution in [2.75, 3.05) is 6.61 Å². The topological polar surface area (TPSA) is 75.1 Å². The Bertz CT molecular complexity index is 1210. The molecule has 0 aliphatic rings. The predicted octanol–water partition coefficient (Wildman–Crippen LogP) is 4.48. The molecule has 0 saturated carbocycles. The first kappa shape index (κ1) is 21.7. The van der Waals surface area contributed by atoms with Gasteiger partial charge in [0.25, 0.3) is 5.91 Å². The zero-order chi connectivity index (χ0) is 22.5. The zero-order valence-electron chi connectivity index (χ0n) is 16.8. The molecule has 0 bridgehead atoms. The number of aliphatic hydroxyl groups excluding tert-OH is 1. The Morgan fingerprint density at radius 1 is 1.03 bits per heavy atom. The molecule has 0 fully saturated rings. The lowest BCUT2D eigenvalue weighted by atomic mass is 10.1. The van der Waals surface area contributed by atoms with Crippen LogP contribution in [0.4, 0.5) is 8.78 Å². The molecule has 4 aromatic rings. The van der Waals surface area contributed by atoms with Crippen LogP contribution >= 0.6 is 11.3 Å². The highest BCUT2D eigenvalue weighted by Crippen LogP contribution is 2.35. The Morgan fingerprint density at radius 3 is 2.56 bits per heavy atom. The molecule has 8 heteroatoms. The van der Waals surface area contributed by atoms with Crippen molar-refractivity contribution in [3.8, 4) is 21.0 Å². The Balaban J connectivity index is 1.60. The van der Waals surface area contributed by atoms with E-state index in [-0.39, 0.29) is 23.6 Å². The van der Waals surface area contributed by atoms with Crippen molar-refractivity contribution < 1.29 is 18.7 Å². The first-order valence-electron chi connectivity index (χ1n) is 9.87. The molecule has 0 unspecified atom stereocenters. The van der Waals surface area contributed by atoms with E-state index >= 15 is 0 Å². The highest BCUT2D eigenvalue weighted by atomic mass is 32.1. The second kappa shape index (κ2) is 9.76. The quantitative estimate of drug-likeness (QED) is 0.434. The van der Waals surface area contributed by atoms with Crippen LogP contribution in [-0.2, 0) is 6.42 Å². The van der Waals surface area contributed by atoms with Crippen LogP contribution in [0, 0.1) is 11.6 Å². The van der Waals surface area contributed by atoms with Gasteiger partial charge in [-0.3, -0.25) is 9.78 Å². The van der Waals surface area contributed by atoms with Crippen LogP contribution in [0.3, 0.4) is 0 Å². The molecular weight excluding hydrogens is 432 g/mol. The van der Waals surface area contributed by atoms with E-state index in [0.717, 1.165) is 16.1 Å². The largest absolute Gasteiger partial charge is 0.394 e. The fraction of sp³-hybridized carbons (Fsp3) is 0.125. The van der Waals surface area contributed by atoms with Gasteiger partial charge in [-0.05, 0) is 42.0 Å². The number of halogens is 2. The van der Waals surface area contributed by atoms with Gasteiger partial charge in [0, 0.05) is 24.5 Å². The van der Waals surface area contributed by atoms with Crippen LogP contribution in [0.1, 0.15) is 16.1 Å². The van der Waals surface area contributed by atoms with Gasteiger partial charge in [0.15, 0.2) is 0 Å². The summed E-state index contributed by atoms with van der Waals surface area (Å²) in [6, 6.07) is 15.0. The first-order chi connectivity index (χ1) is 15.5. The number of thiazole rings is 1. The average molecular weight is 451 g/mol. The molecule has 2 aromatic heterocycles. The SMILES string of the molecule is O=C(N[C@@H](CO)Cc1ccccn1)c1cccc(F)c1-c1ncc(-c2ccc(F)cc2)s1. The summed E-state index contributed by atoms with van der Waals surface area (Å²) in [6.45, 7) is -0.293. The molecule has 2 heterocycles. The molecule has 0 radical (unpaired) electrons. The predicted molar refractivity (Wildman–Crippen MR) is 119 cm³/mol. The minimum absolute atomic E-state index is 0.0814. The lowest BCUT2D eigenvalue weighted by molar-refractivity contribution is 0.0916. The van der Waals surface area contributed by atoms with Crippen molar-refractivity contribution in [3.63, 3.8) is 0 Å². The number of aromatic nitrogens is 2. The molecule has 5 nitrogen and oxygen atoms in total. The molecule has 162 valence electrons. The summed E-state index contributed by atoms with van der Waals surface area (Å²) in [5.74, 6) is -1.45. The standard InChI is InChI=1S/C24H19F2N3O2S/c25-16-9-7-15(8-10-16)21-13-28-24(32-21)22-19(5-3-6-20(22)26)23(31)29-18(14-30)12-17-4-1-2-11-27-17/h1-11,13,18,30H,12,14H2,(H,29,31)/t18-/m1/s1. The number of benzene rings is 2. The Morgan fingerprint density at radius 2 is 1.84 bits per heavy atom. The minimum Gasteiger partial charge on any atom is -0.394 e. The molecular formula is C24H19F2N3O2S. The zero-order valence-corrected chi connectivity index (χ0v) is 17.7. The van der Waals surface area contributed by atoms with Gasteiger partial charge in [0.05, 0.1) is 28.7 Å². The molecule has 0 aliphatic heterocycles. The molecule has 2 aromatic carbocycles. The van der Waals surface area contributed by atoms with E-state index in [0.29, 0.717) is 11.4 Å². The second-order valence-corrected chi connectivity index (χ2v) is 8.11. The maximum absolute atomic E-state index is 14.8. The van der Waals surface area contributed by atoms with Gasteiger partial charge >= 0.3 is 0 Å². The molecule has 2 N–H and O–H groups in total. The third-order valence-electron chi connectivity index (χ3n) is 4.84. The van der Waals surface area contributed by atoms with Crippen LogP contribution in [0.5, 0.6) is 0 Å². The number of nitrogens with one attached hydrogen (secondary N) is 1. The van der Waals surface area contributed by atoms with E-state index in [2.05, 4.69) is 15.3 Å². The van der Waals surface area contributed by atoms with Crippen LogP contribution in [0.2, 0.25) is 0 Å². The average Bonchev–Trinajstić information content (AvgIpc) is 3.29. The number of aliphatic hydroxyl groups is 1. The van der Waals surface area contributed by atoms with E-state index in [1.165, 1.54) is 41.7 Å². The van der Waals surface area contributed by atoms with Gasteiger partial charge in [-0.1, -0.05) is 24.3 Å². The van der Waals surface area contributed by atoms with E-state index in [1.54, 1.807) is 36.7 Å². The maximum atomic E-state index is 14.8. The highest BCUT2D eigenvalue weighted by molar-refractivity contribution is 7.18. The summed E-state index contributed by atoms with van der Waals surface area (Å²) in [5, 5.41) is 12.8. The summed E-state index contributed by atoms with van der Waals surface area (Å²) in [5.41, 5.74) is 1.66. The number of amides is 1. The molecule has 0 spiro atoms. The molecule has 1 atom stereocenters. The Labute approximate surface area is 187 Å². The smallest absolute Gasteiger partial charge is 0.252 e. The number of rotatable bonds is 7. The molecule has 0 saturated heterocycles. The maximum Gasteiger partial charge on any atom is 0.252 e. The number of pyridine rings is 1. The van der Waals surface area contributed by atoms with Gasteiger partial charge in [-0.2, -0.15) is 0 Å². The third-order valence-corrected chi connectivity index (χ3v) is 5.91. The van der Waals surface area contributed by atoms with E-state index in [4.69, 9.17) is 0 Å². The number of hydrogen-bond acceptors (Lipinski definition) is 5. The first-order valence-corrected chi connectivity index (χ1v) is 10.7. The normalized spacial score (nSPS) is 11.8. The summed E-state index contributed by atoms with van der Waals surface area (Å²) < 4.78 is 28.0. The lowest BCUT2D eigenvalue weighted by Gasteiger charge is -2.17. The van der Waals surface area contributed by atoms with Crippen molar-refractivity contribution in [3.05, 3.63) is 95.9 Å². The van der Waals surface area contributed by atoms with Crippen molar-refractivity contribution >= 4 is 17.2 Å². The summed E-state index contributed by atoms with van der Waals surface area (Å²) in [6.07, 6.45) is 3.54.